The van der Waals surface area contributed by atoms with Crippen LogP contribution in [-0.4, -0.2) is 30.1 Å². The molecule has 1 aliphatic rings. The number of fused-ring (bicyclic) bond motifs is 1. The number of rotatable bonds is 9. The molecule has 1 atom stereocenters. The van der Waals surface area contributed by atoms with Crippen LogP contribution in [0.5, 0.6) is 0 Å². The van der Waals surface area contributed by atoms with Crippen LogP contribution >= 0.6 is 23.1 Å². The number of amides is 2. The average molecular weight is 563 g/mol. The van der Waals surface area contributed by atoms with Gasteiger partial charge in [0.2, 0.25) is 11.8 Å². The van der Waals surface area contributed by atoms with E-state index in [0.29, 0.717) is 22.7 Å². The number of carbonyl (C=O) groups excluding carboxylic acids is 3. The number of thioether (sulfide) groups is 1. The Hall–Kier alpha value is -3.36. The van der Waals surface area contributed by atoms with Crippen LogP contribution in [0.4, 0.5) is 10.7 Å². The molecule has 8 heteroatoms. The largest absolute Gasteiger partial charge is 0.465 e. The van der Waals surface area contributed by atoms with Crippen molar-refractivity contribution in [3.8, 4) is 0 Å². The van der Waals surface area contributed by atoms with Gasteiger partial charge >= 0.3 is 5.97 Å². The molecular formula is C31H34N2O4S2. The van der Waals surface area contributed by atoms with Gasteiger partial charge in [-0.05, 0) is 67.5 Å². The molecule has 0 bridgehead atoms. The fraction of sp³-hybridized carbons (Fsp3) is 0.323. The van der Waals surface area contributed by atoms with Crippen molar-refractivity contribution in [2.24, 2.45) is 0 Å². The number of anilines is 2. The Morgan fingerprint density at radius 1 is 1.00 bits per heavy atom. The molecule has 2 amide bonds. The summed E-state index contributed by atoms with van der Waals surface area (Å²) in [4.78, 5) is 40.6. The molecule has 0 radical (unpaired) electrons. The highest BCUT2D eigenvalue weighted by atomic mass is 32.2. The summed E-state index contributed by atoms with van der Waals surface area (Å²) < 4.78 is 5.10. The van der Waals surface area contributed by atoms with Crippen LogP contribution in [0.3, 0.4) is 0 Å². The first-order chi connectivity index (χ1) is 19.0. The van der Waals surface area contributed by atoms with Gasteiger partial charge in [0.25, 0.3) is 0 Å². The molecular weight excluding hydrogens is 528 g/mol. The average Bonchev–Trinajstić information content (AvgIpc) is 3.26. The zero-order valence-corrected chi connectivity index (χ0v) is 24.0. The topological polar surface area (TPSA) is 84.5 Å². The van der Waals surface area contributed by atoms with Crippen LogP contribution in [-0.2, 0) is 27.2 Å². The van der Waals surface area contributed by atoms with Crippen molar-refractivity contribution >= 4 is 57.6 Å². The SMILES string of the molecule is CCC(Sc1cccc(NC(=O)/C=C/c2ccccc2)c1)C(=O)Nc1sc2c(c1C(=O)OC)CCCCCC2. The number of ether oxygens (including phenoxy) is 1. The molecule has 0 spiro atoms. The van der Waals surface area contributed by atoms with Gasteiger partial charge < -0.3 is 15.4 Å². The van der Waals surface area contributed by atoms with Crippen molar-refractivity contribution in [3.05, 3.63) is 82.2 Å². The predicted octanol–water partition coefficient (Wildman–Crippen LogP) is 7.36. The van der Waals surface area contributed by atoms with E-state index in [1.54, 1.807) is 6.08 Å². The zero-order chi connectivity index (χ0) is 27.6. The Morgan fingerprint density at radius 2 is 1.77 bits per heavy atom. The van der Waals surface area contributed by atoms with Gasteiger partial charge in [-0.15, -0.1) is 23.1 Å². The Labute approximate surface area is 238 Å². The molecule has 39 heavy (non-hydrogen) atoms. The lowest BCUT2D eigenvalue weighted by Crippen LogP contribution is -2.25. The number of aryl methyl sites for hydroxylation is 1. The number of esters is 1. The third kappa shape index (κ3) is 7.83. The van der Waals surface area contributed by atoms with Crippen LogP contribution in [0, 0.1) is 0 Å². The van der Waals surface area contributed by atoms with Crippen molar-refractivity contribution < 1.29 is 19.1 Å². The van der Waals surface area contributed by atoms with E-state index >= 15 is 0 Å². The van der Waals surface area contributed by atoms with E-state index in [4.69, 9.17) is 4.74 Å². The first kappa shape index (κ1) is 28.6. The molecule has 2 N–H and O–H groups in total. The van der Waals surface area contributed by atoms with Gasteiger partial charge in [-0.2, -0.15) is 0 Å². The molecule has 0 saturated heterocycles. The van der Waals surface area contributed by atoms with Gasteiger partial charge in [-0.3, -0.25) is 9.59 Å². The quantitative estimate of drug-likeness (QED) is 0.162. The maximum Gasteiger partial charge on any atom is 0.341 e. The van der Waals surface area contributed by atoms with Crippen LogP contribution in [0.1, 0.15) is 65.4 Å². The third-order valence-corrected chi connectivity index (χ3v) is 9.13. The van der Waals surface area contributed by atoms with Crippen molar-refractivity contribution in [2.75, 3.05) is 17.7 Å². The molecule has 1 aliphatic carbocycles. The van der Waals surface area contributed by atoms with Gasteiger partial charge in [0.1, 0.15) is 5.00 Å². The van der Waals surface area contributed by atoms with E-state index in [0.717, 1.165) is 48.1 Å². The van der Waals surface area contributed by atoms with Gasteiger partial charge in [0.05, 0.1) is 17.9 Å². The number of hydrogen-bond acceptors (Lipinski definition) is 6. The first-order valence-corrected chi connectivity index (χ1v) is 15.0. The molecule has 3 aromatic rings. The fourth-order valence-corrected chi connectivity index (χ4v) is 6.87. The van der Waals surface area contributed by atoms with E-state index in [1.165, 1.54) is 47.6 Å². The maximum absolute atomic E-state index is 13.4. The van der Waals surface area contributed by atoms with E-state index < -0.39 is 5.97 Å². The van der Waals surface area contributed by atoms with Crippen LogP contribution < -0.4 is 10.6 Å². The molecule has 204 valence electrons. The van der Waals surface area contributed by atoms with Gasteiger partial charge in [-0.1, -0.05) is 56.2 Å². The molecule has 0 fully saturated rings. The number of methoxy groups -OCH3 is 1. The number of benzene rings is 2. The summed E-state index contributed by atoms with van der Waals surface area (Å²) in [5.41, 5.74) is 3.15. The normalized spacial score (nSPS) is 14.1. The van der Waals surface area contributed by atoms with Gasteiger partial charge in [0.15, 0.2) is 0 Å². The van der Waals surface area contributed by atoms with E-state index in [-0.39, 0.29) is 17.1 Å². The Bertz CT molecular complexity index is 1330. The minimum absolute atomic E-state index is 0.151. The second-order valence-corrected chi connectivity index (χ2v) is 11.8. The second kappa shape index (κ2) is 14.1. The zero-order valence-electron chi connectivity index (χ0n) is 22.3. The molecule has 0 aliphatic heterocycles. The van der Waals surface area contributed by atoms with Crippen molar-refractivity contribution in [2.45, 2.75) is 62.0 Å². The summed E-state index contributed by atoms with van der Waals surface area (Å²) in [6.07, 6.45) is 10.1. The summed E-state index contributed by atoms with van der Waals surface area (Å²) in [5.74, 6) is -0.773. The van der Waals surface area contributed by atoms with Crippen molar-refractivity contribution in [3.63, 3.8) is 0 Å². The summed E-state index contributed by atoms with van der Waals surface area (Å²) in [6.45, 7) is 1.96. The minimum Gasteiger partial charge on any atom is -0.465 e. The van der Waals surface area contributed by atoms with Gasteiger partial charge in [-0.25, -0.2) is 4.79 Å². The smallest absolute Gasteiger partial charge is 0.341 e. The molecule has 1 aromatic heterocycles. The van der Waals surface area contributed by atoms with Crippen LogP contribution in [0.15, 0.2) is 65.6 Å². The monoisotopic (exact) mass is 562 g/mol. The molecule has 4 rings (SSSR count). The van der Waals surface area contributed by atoms with Gasteiger partial charge in [0, 0.05) is 21.5 Å². The molecule has 1 unspecified atom stereocenters. The van der Waals surface area contributed by atoms with Crippen molar-refractivity contribution in [1.82, 2.24) is 0 Å². The number of thiophene rings is 1. The summed E-state index contributed by atoms with van der Waals surface area (Å²) in [7, 11) is 1.38. The van der Waals surface area contributed by atoms with Crippen LogP contribution in [0.2, 0.25) is 0 Å². The second-order valence-electron chi connectivity index (χ2n) is 9.38. The molecule has 1 heterocycles. The lowest BCUT2D eigenvalue weighted by Gasteiger charge is -2.15. The van der Waals surface area contributed by atoms with E-state index in [9.17, 15) is 14.4 Å². The lowest BCUT2D eigenvalue weighted by atomic mass is 9.96. The molecule has 2 aromatic carbocycles. The summed E-state index contributed by atoms with van der Waals surface area (Å²) >= 11 is 2.94. The molecule has 0 saturated carbocycles. The molecule has 6 nitrogen and oxygen atoms in total. The third-order valence-electron chi connectivity index (χ3n) is 6.57. The summed E-state index contributed by atoms with van der Waals surface area (Å²) in [6, 6.07) is 17.1. The first-order valence-electron chi connectivity index (χ1n) is 13.3. The minimum atomic E-state index is -0.395. The maximum atomic E-state index is 13.4. The lowest BCUT2D eigenvalue weighted by molar-refractivity contribution is -0.115. The van der Waals surface area contributed by atoms with Crippen LogP contribution in [0.25, 0.3) is 6.08 Å². The Kier molecular flexibility index (Phi) is 10.4. The van der Waals surface area contributed by atoms with Crippen molar-refractivity contribution in [1.29, 1.82) is 0 Å². The Morgan fingerprint density at radius 3 is 2.51 bits per heavy atom. The number of carbonyl (C=O) groups is 3. The van der Waals surface area contributed by atoms with E-state index in [1.807, 2.05) is 61.5 Å². The highest BCUT2D eigenvalue weighted by Crippen LogP contribution is 2.38. The standard InChI is InChI=1S/C31H34N2O4S2/c1-3-25(29(35)33-30-28(31(36)37-2)24-16-9-4-5-10-17-26(24)39-30)38-23-15-11-14-22(20-23)32-27(34)19-18-21-12-7-6-8-13-21/h6-8,11-15,18-20,25H,3-5,9-10,16-17H2,1-2H3,(H,32,34)(H,33,35)/b19-18+. The van der Waals surface area contributed by atoms with E-state index in [2.05, 4.69) is 10.6 Å². The highest BCUT2D eigenvalue weighted by Gasteiger charge is 2.28. The fourth-order valence-electron chi connectivity index (χ4n) is 4.57. The highest BCUT2D eigenvalue weighted by molar-refractivity contribution is 8.00. The predicted molar refractivity (Wildman–Crippen MR) is 161 cm³/mol. The number of nitrogens with one attached hydrogen (secondary N) is 2. The Balaban J connectivity index is 1.44. The summed E-state index contributed by atoms with van der Waals surface area (Å²) in [5, 5.41) is 6.16. The number of hydrogen-bond donors (Lipinski definition) is 2.